The summed E-state index contributed by atoms with van der Waals surface area (Å²) in [5, 5.41) is 25.3. The number of carbonyl (C=O) groups excluding carboxylic acids is 1. The van der Waals surface area contributed by atoms with Crippen LogP contribution in [0, 0.1) is 0 Å². The van der Waals surface area contributed by atoms with E-state index >= 15 is 0 Å². The third-order valence-corrected chi connectivity index (χ3v) is 3.58. The van der Waals surface area contributed by atoms with E-state index in [9.17, 15) is 9.90 Å². The fraction of sp³-hybridized carbons (Fsp3) is 0.667. The summed E-state index contributed by atoms with van der Waals surface area (Å²) in [6.45, 7) is 1.61. The summed E-state index contributed by atoms with van der Waals surface area (Å²) in [6, 6.07) is -0.388. The molecule has 0 bridgehead atoms. The number of fused-ring (bicyclic) bond motifs is 1. The third kappa shape index (κ3) is 2.26. The van der Waals surface area contributed by atoms with E-state index < -0.39 is 18.4 Å². The van der Waals surface area contributed by atoms with Crippen molar-refractivity contribution in [3.63, 3.8) is 0 Å². The lowest BCUT2D eigenvalue weighted by Crippen LogP contribution is -2.51. The van der Waals surface area contributed by atoms with E-state index in [2.05, 4.69) is 10.5 Å². The zero-order chi connectivity index (χ0) is 14.3. The van der Waals surface area contributed by atoms with Crippen molar-refractivity contribution in [2.45, 2.75) is 44.3 Å². The number of oxime groups is 1. The lowest BCUT2D eigenvalue weighted by atomic mass is 10.1. The molecule has 1 saturated heterocycles. The number of nitrogens with one attached hydrogen (secondary N) is 1. The van der Waals surface area contributed by atoms with Gasteiger partial charge in [-0.1, -0.05) is 5.16 Å². The molecule has 0 aliphatic carbocycles. The van der Waals surface area contributed by atoms with Crippen LogP contribution in [0.15, 0.2) is 16.9 Å². The zero-order valence-corrected chi connectivity index (χ0v) is 11.0. The molecule has 8 heteroatoms. The van der Waals surface area contributed by atoms with Crippen LogP contribution in [-0.2, 0) is 9.57 Å². The first-order valence-electron chi connectivity index (χ1n) is 6.57. The first-order chi connectivity index (χ1) is 9.58. The van der Waals surface area contributed by atoms with Crippen molar-refractivity contribution in [3.8, 4) is 0 Å². The molecule has 3 aliphatic rings. The molecule has 0 saturated carbocycles. The molecule has 0 aromatic rings. The quantitative estimate of drug-likeness (QED) is 0.633. The van der Waals surface area contributed by atoms with Gasteiger partial charge in [0.05, 0.1) is 12.7 Å². The van der Waals surface area contributed by atoms with E-state index in [1.54, 1.807) is 6.20 Å². The summed E-state index contributed by atoms with van der Waals surface area (Å²) in [4.78, 5) is 18.5. The number of nitrogens with zero attached hydrogens (tertiary/aromatic N) is 2. The zero-order valence-electron chi connectivity index (χ0n) is 11.0. The van der Waals surface area contributed by atoms with Gasteiger partial charge in [-0.2, -0.15) is 0 Å². The maximum absolute atomic E-state index is 12.0. The Hall–Kier alpha value is -1.64. The molecule has 3 heterocycles. The van der Waals surface area contributed by atoms with Gasteiger partial charge in [0, 0.05) is 24.6 Å². The van der Waals surface area contributed by atoms with Gasteiger partial charge in [-0.25, -0.2) is 4.79 Å². The van der Waals surface area contributed by atoms with Crippen LogP contribution in [-0.4, -0.2) is 58.1 Å². The maximum Gasteiger partial charge on any atom is 0.329 e. The predicted octanol–water partition coefficient (Wildman–Crippen LogP) is -0.514. The smallest absolute Gasteiger partial charge is 0.329 e. The fourth-order valence-electron chi connectivity index (χ4n) is 2.52. The molecule has 110 valence electrons. The highest BCUT2D eigenvalue weighted by Crippen LogP contribution is 2.27. The van der Waals surface area contributed by atoms with Crippen LogP contribution in [0.1, 0.15) is 19.8 Å². The number of hydrogen-bond acceptors (Lipinski definition) is 6. The van der Waals surface area contributed by atoms with E-state index in [1.807, 2.05) is 6.92 Å². The first-order valence-corrected chi connectivity index (χ1v) is 6.57. The van der Waals surface area contributed by atoms with E-state index in [-0.39, 0.29) is 25.2 Å². The average Bonchev–Trinajstić information content (AvgIpc) is 2.79. The number of carbonyl (C=O) groups is 1. The number of amidine groups is 1. The van der Waals surface area contributed by atoms with Crippen LogP contribution in [0.25, 0.3) is 0 Å². The van der Waals surface area contributed by atoms with Crippen LogP contribution in [0.3, 0.4) is 0 Å². The van der Waals surface area contributed by atoms with Crippen molar-refractivity contribution in [2.24, 2.45) is 5.16 Å². The molecule has 1 unspecified atom stereocenters. The highest BCUT2D eigenvalue weighted by Gasteiger charge is 2.40. The topological polar surface area (TPSA) is 104 Å². The molecule has 8 nitrogen and oxygen atoms in total. The fourth-order valence-corrected chi connectivity index (χ4v) is 2.52. The Morgan fingerprint density at radius 3 is 3.10 bits per heavy atom. The van der Waals surface area contributed by atoms with Gasteiger partial charge >= 0.3 is 6.03 Å². The minimum absolute atomic E-state index is 0.0536. The number of ether oxygens (including phenoxy) is 1. The standard InChI is InChI=1S/C12H17N3O5/c1-6-2-7-4-15(12(18)13-11(7)14-20-6)10-3-8(17)9(5-16)19-10/h4,6,8-10,16-17H,2-3,5H2,1H3,(H,13,14,18)/t6?,8-,9+,10+/m0/s1. The summed E-state index contributed by atoms with van der Waals surface area (Å²) >= 11 is 0. The second-order valence-corrected chi connectivity index (χ2v) is 5.17. The SMILES string of the molecule is CC1CC2=CN([C@H]3C[C@H](O)[C@@H](CO)O3)C(=O)NC2=NO1. The lowest BCUT2D eigenvalue weighted by molar-refractivity contribution is -0.0537. The molecule has 3 aliphatic heterocycles. The molecule has 0 aromatic carbocycles. The number of amides is 2. The highest BCUT2D eigenvalue weighted by molar-refractivity contribution is 6.09. The first kappa shape index (κ1) is 13.3. The van der Waals surface area contributed by atoms with Crippen molar-refractivity contribution >= 4 is 11.9 Å². The molecule has 0 aromatic heterocycles. The minimum Gasteiger partial charge on any atom is -0.394 e. The van der Waals surface area contributed by atoms with E-state index in [0.29, 0.717) is 12.3 Å². The molecule has 1 fully saturated rings. The molecule has 4 atom stereocenters. The largest absolute Gasteiger partial charge is 0.394 e. The van der Waals surface area contributed by atoms with Gasteiger partial charge in [-0.05, 0) is 6.92 Å². The number of rotatable bonds is 2. The molecule has 3 rings (SSSR count). The highest BCUT2D eigenvalue weighted by atomic mass is 16.6. The van der Waals surface area contributed by atoms with Crippen LogP contribution in [0.4, 0.5) is 4.79 Å². The second kappa shape index (κ2) is 5.04. The summed E-state index contributed by atoms with van der Waals surface area (Å²) in [7, 11) is 0. The Balaban J connectivity index is 1.80. The van der Waals surface area contributed by atoms with Crippen LogP contribution >= 0.6 is 0 Å². The van der Waals surface area contributed by atoms with Crippen LogP contribution in [0.2, 0.25) is 0 Å². The monoisotopic (exact) mass is 283 g/mol. The van der Waals surface area contributed by atoms with Gasteiger partial charge in [0.2, 0.25) is 0 Å². The number of hydrogen-bond donors (Lipinski definition) is 3. The van der Waals surface area contributed by atoms with E-state index in [1.165, 1.54) is 4.90 Å². The third-order valence-electron chi connectivity index (χ3n) is 3.58. The summed E-state index contributed by atoms with van der Waals surface area (Å²) in [6.07, 6.45) is 0.495. The Kier molecular flexibility index (Phi) is 3.36. The number of aliphatic hydroxyl groups excluding tert-OH is 2. The molecule has 0 spiro atoms. The van der Waals surface area contributed by atoms with Crippen molar-refractivity contribution < 1.29 is 24.6 Å². The second-order valence-electron chi connectivity index (χ2n) is 5.17. The molecule has 2 amide bonds. The molecule has 0 radical (unpaired) electrons. The van der Waals surface area contributed by atoms with Gasteiger partial charge in [-0.15, -0.1) is 0 Å². The summed E-state index contributed by atoms with van der Waals surface area (Å²) < 4.78 is 5.49. The van der Waals surface area contributed by atoms with Crippen molar-refractivity contribution in [1.29, 1.82) is 0 Å². The summed E-state index contributed by atoms with van der Waals surface area (Å²) in [5.74, 6) is 0.418. The summed E-state index contributed by atoms with van der Waals surface area (Å²) in [5.41, 5.74) is 0.855. The van der Waals surface area contributed by atoms with E-state index in [4.69, 9.17) is 14.7 Å². The lowest BCUT2D eigenvalue weighted by Gasteiger charge is -2.32. The van der Waals surface area contributed by atoms with Gasteiger partial charge in [0.25, 0.3) is 0 Å². The van der Waals surface area contributed by atoms with Gasteiger partial charge < -0.3 is 19.8 Å². The Morgan fingerprint density at radius 2 is 2.40 bits per heavy atom. The van der Waals surface area contributed by atoms with Gasteiger partial charge in [0.1, 0.15) is 18.4 Å². The van der Waals surface area contributed by atoms with Crippen LogP contribution < -0.4 is 5.32 Å². The van der Waals surface area contributed by atoms with Crippen molar-refractivity contribution in [2.75, 3.05) is 6.61 Å². The molecular weight excluding hydrogens is 266 g/mol. The van der Waals surface area contributed by atoms with Crippen molar-refractivity contribution in [1.82, 2.24) is 10.2 Å². The normalized spacial score (nSPS) is 36.8. The molecule has 20 heavy (non-hydrogen) atoms. The predicted molar refractivity (Wildman–Crippen MR) is 67.4 cm³/mol. The van der Waals surface area contributed by atoms with Gasteiger partial charge in [0.15, 0.2) is 5.84 Å². The van der Waals surface area contributed by atoms with Crippen molar-refractivity contribution in [3.05, 3.63) is 11.8 Å². The Bertz CT molecular complexity index is 478. The Morgan fingerprint density at radius 1 is 1.60 bits per heavy atom. The Labute approximate surface area is 115 Å². The van der Waals surface area contributed by atoms with Gasteiger partial charge in [-0.3, -0.25) is 10.2 Å². The average molecular weight is 283 g/mol. The number of urea groups is 1. The number of aliphatic hydroxyl groups is 2. The van der Waals surface area contributed by atoms with Crippen LogP contribution in [0.5, 0.6) is 0 Å². The maximum atomic E-state index is 12.0. The molecular formula is C12H17N3O5. The molecule has 3 N–H and O–H groups in total. The minimum atomic E-state index is -0.778. The van der Waals surface area contributed by atoms with E-state index in [0.717, 1.165) is 5.57 Å².